The highest BCUT2D eigenvalue weighted by Crippen LogP contribution is 2.44. The van der Waals surface area contributed by atoms with Crippen LogP contribution in [0.4, 0.5) is 0 Å². The first-order valence-electron chi connectivity index (χ1n) is 7.42. The van der Waals surface area contributed by atoms with Crippen LogP contribution in [0.2, 0.25) is 0 Å². The normalized spacial score (nSPS) is 17.8. The minimum Gasteiger partial charge on any atom is -0.493 e. The van der Waals surface area contributed by atoms with Gasteiger partial charge in [0, 0.05) is 12.0 Å². The molecule has 0 heterocycles. The van der Waals surface area contributed by atoms with Crippen LogP contribution >= 0.6 is 15.9 Å². The molecule has 2 aromatic carbocycles. The molecule has 0 saturated heterocycles. The minimum atomic E-state index is 0.340. The van der Waals surface area contributed by atoms with Crippen LogP contribution in [0, 0.1) is 0 Å². The highest BCUT2D eigenvalue weighted by Gasteiger charge is 2.32. The molecule has 0 fully saturated rings. The van der Waals surface area contributed by atoms with Crippen molar-refractivity contribution < 1.29 is 4.74 Å². The third-order valence-corrected chi connectivity index (χ3v) is 4.84. The van der Waals surface area contributed by atoms with Gasteiger partial charge in [-0.05, 0) is 65.1 Å². The average molecular weight is 346 g/mol. The molecule has 0 bridgehead atoms. The molecule has 1 aliphatic rings. The highest BCUT2D eigenvalue weighted by molar-refractivity contribution is 9.10. The quantitative estimate of drug-likeness (QED) is 0.864. The second kappa shape index (κ2) is 6.20. The van der Waals surface area contributed by atoms with E-state index >= 15 is 0 Å². The van der Waals surface area contributed by atoms with Crippen LogP contribution in [0.3, 0.4) is 0 Å². The van der Waals surface area contributed by atoms with E-state index in [9.17, 15) is 0 Å². The lowest BCUT2D eigenvalue weighted by Crippen LogP contribution is -2.31. The average Bonchev–Trinajstić information content (AvgIpc) is 2.47. The van der Waals surface area contributed by atoms with Gasteiger partial charge < -0.3 is 10.1 Å². The van der Waals surface area contributed by atoms with Gasteiger partial charge in [0.15, 0.2) is 0 Å². The van der Waals surface area contributed by atoms with E-state index in [2.05, 4.69) is 63.7 Å². The first-order valence-corrected chi connectivity index (χ1v) is 8.21. The van der Waals surface area contributed by atoms with Crippen LogP contribution < -0.4 is 10.1 Å². The Bertz CT molecular complexity index is 641. The van der Waals surface area contributed by atoms with Crippen LogP contribution in [-0.2, 0) is 6.42 Å². The molecule has 2 nitrogen and oxygen atoms in total. The lowest BCUT2D eigenvalue weighted by molar-refractivity contribution is 0.337. The lowest BCUT2D eigenvalue weighted by atomic mass is 9.72. The van der Waals surface area contributed by atoms with Crippen molar-refractivity contribution in [3.63, 3.8) is 0 Å². The molecule has 2 atom stereocenters. The molecular formula is C18H20BrNO. The third-order valence-electron chi connectivity index (χ3n) is 4.22. The molecule has 0 aliphatic heterocycles. The van der Waals surface area contributed by atoms with Crippen molar-refractivity contribution in [3.05, 3.63) is 63.6 Å². The topological polar surface area (TPSA) is 21.3 Å². The standard InChI is InChI=1S/C18H20BrNO/c1-3-21-17-9-8-13(11-16(17)19)18(20-2)15-10-12-6-4-5-7-14(12)15/h4-9,11,15,18,20H,3,10H2,1-2H3. The summed E-state index contributed by atoms with van der Waals surface area (Å²) in [6, 6.07) is 15.5. The van der Waals surface area contributed by atoms with Crippen molar-refractivity contribution in [2.75, 3.05) is 13.7 Å². The Labute approximate surface area is 134 Å². The fourth-order valence-electron chi connectivity index (χ4n) is 3.18. The van der Waals surface area contributed by atoms with Crippen LogP contribution in [0.25, 0.3) is 0 Å². The molecule has 0 radical (unpaired) electrons. The van der Waals surface area contributed by atoms with Gasteiger partial charge in [-0.1, -0.05) is 30.3 Å². The zero-order valence-electron chi connectivity index (χ0n) is 12.4. The van der Waals surface area contributed by atoms with Gasteiger partial charge >= 0.3 is 0 Å². The second-order valence-electron chi connectivity index (χ2n) is 5.40. The molecular weight excluding hydrogens is 326 g/mol. The zero-order chi connectivity index (χ0) is 14.8. The van der Waals surface area contributed by atoms with Gasteiger partial charge in [0.2, 0.25) is 0 Å². The molecule has 0 spiro atoms. The summed E-state index contributed by atoms with van der Waals surface area (Å²) in [5.74, 6) is 1.46. The smallest absolute Gasteiger partial charge is 0.133 e. The number of hydrogen-bond donors (Lipinski definition) is 1. The van der Waals surface area contributed by atoms with E-state index in [1.165, 1.54) is 16.7 Å². The predicted octanol–water partition coefficient (Wildman–Crippen LogP) is 4.45. The largest absolute Gasteiger partial charge is 0.493 e. The summed E-state index contributed by atoms with van der Waals surface area (Å²) in [5, 5.41) is 3.48. The number of nitrogens with one attached hydrogen (secondary N) is 1. The van der Waals surface area contributed by atoms with Crippen molar-refractivity contribution in [3.8, 4) is 5.75 Å². The zero-order valence-corrected chi connectivity index (χ0v) is 14.0. The van der Waals surface area contributed by atoms with Gasteiger partial charge in [-0.15, -0.1) is 0 Å². The van der Waals surface area contributed by atoms with Gasteiger partial charge in [0.1, 0.15) is 5.75 Å². The molecule has 0 saturated carbocycles. The van der Waals surface area contributed by atoms with Gasteiger partial charge in [0.05, 0.1) is 11.1 Å². The number of fused-ring (bicyclic) bond motifs is 1. The first kappa shape index (κ1) is 14.6. The van der Waals surface area contributed by atoms with Gasteiger partial charge in [0.25, 0.3) is 0 Å². The molecule has 110 valence electrons. The molecule has 0 amide bonds. The number of likely N-dealkylation sites (N-methyl/N-ethyl adjacent to an activating group) is 1. The number of hydrogen-bond acceptors (Lipinski definition) is 2. The number of benzene rings is 2. The number of rotatable bonds is 5. The van der Waals surface area contributed by atoms with E-state index in [0.29, 0.717) is 18.6 Å². The Morgan fingerprint density at radius 2 is 2.10 bits per heavy atom. The second-order valence-corrected chi connectivity index (χ2v) is 6.25. The summed E-state index contributed by atoms with van der Waals surface area (Å²) in [4.78, 5) is 0. The van der Waals surface area contributed by atoms with Crippen LogP contribution in [0.1, 0.15) is 35.6 Å². The lowest BCUT2D eigenvalue weighted by Gasteiger charge is -2.37. The van der Waals surface area contributed by atoms with Gasteiger partial charge in [-0.25, -0.2) is 0 Å². The maximum Gasteiger partial charge on any atom is 0.133 e. The maximum absolute atomic E-state index is 5.59. The number of halogens is 1. The Morgan fingerprint density at radius 1 is 1.29 bits per heavy atom. The molecule has 1 aliphatic carbocycles. The Balaban J connectivity index is 1.86. The molecule has 3 rings (SSSR count). The monoisotopic (exact) mass is 345 g/mol. The fourth-order valence-corrected chi connectivity index (χ4v) is 3.69. The first-order chi connectivity index (χ1) is 10.2. The van der Waals surface area contributed by atoms with Crippen LogP contribution in [0.15, 0.2) is 46.9 Å². The summed E-state index contributed by atoms with van der Waals surface area (Å²) in [6.07, 6.45) is 1.15. The summed E-state index contributed by atoms with van der Waals surface area (Å²) in [6.45, 7) is 2.69. The maximum atomic E-state index is 5.59. The van der Waals surface area contributed by atoms with Gasteiger partial charge in [-0.2, -0.15) is 0 Å². The molecule has 2 aromatic rings. The summed E-state index contributed by atoms with van der Waals surface area (Å²) < 4.78 is 6.62. The summed E-state index contributed by atoms with van der Waals surface area (Å²) in [5.41, 5.74) is 4.25. The molecule has 21 heavy (non-hydrogen) atoms. The Hall–Kier alpha value is -1.32. The van der Waals surface area contributed by atoms with E-state index in [1.54, 1.807) is 0 Å². The summed E-state index contributed by atoms with van der Waals surface area (Å²) >= 11 is 3.61. The van der Waals surface area contributed by atoms with Crippen molar-refractivity contribution >= 4 is 15.9 Å². The fraction of sp³-hybridized carbons (Fsp3) is 0.333. The summed E-state index contributed by atoms with van der Waals surface area (Å²) in [7, 11) is 2.04. The SMILES string of the molecule is CCOc1ccc(C(NC)C2Cc3ccccc32)cc1Br. The molecule has 0 aromatic heterocycles. The van der Waals surface area contributed by atoms with Gasteiger partial charge in [-0.3, -0.25) is 0 Å². The predicted molar refractivity (Wildman–Crippen MR) is 90.0 cm³/mol. The third kappa shape index (κ3) is 2.72. The van der Waals surface area contributed by atoms with Crippen molar-refractivity contribution in [2.45, 2.75) is 25.3 Å². The van der Waals surface area contributed by atoms with Crippen molar-refractivity contribution in [1.82, 2.24) is 5.32 Å². The Kier molecular flexibility index (Phi) is 4.32. The van der Waals surface area contributed by atoms with E-state index in [4.69, 9.17) is 4.74 Å². The Morgan fingerprint density at radius 3 is 2.76 bits per heavy atom. The van der Waals surface area contributed by atoms with Crippen molar-refractivity contribution in [2.24, 2.45) is 0 Å². The minimum absolute atomic E-state index is 0.340. The van der Waals surface area contributed by atoms with E-state index in [-0.39, 0.29) is 0 Å². The van der Waals surface area contributed by atoms with Crippen LogP contribution in [0.5, 0.6) is 5.75 Å². The van der Waals surface area contributed by atoms with Crippen molar-refractivity contribution in [1.29, 1.82) is 0 Å². The van der Waals surface area contributed by atoms with E-state index < -0.39 is 0 Å². The molecule has 3 heteroatoms. The van der Waals surface area contributed by atoms with E-state index in [1.807, 2.05) is 14.0 Å². The van der Waals surface area contributed by atoms with Crippen LogP contribution in [-0.4, -0.2) is 13.7 Å². The molecule has 2 unspecified atom stereocenters. The molecule has 1 N–H and O–H groups in total. The van der Waals surface area contributed by atoms with E-state index in [0.717, 1.165) is 16.6 Å². The number of ether oxygens (including phenoxy) is 1. The highest BCUT2D eigenvalue weighted by atomic mass is 79.9.